The summed E-state index contributed by atoms with van der Waals surface area (Å²) >= 11 is 0. The van der Waals surface area contributed by atoms with E-state index in [0.29, 0.717) is 90.0 Å². The highest BCUT2D eigenvalue weighted by molar-refractivity contribution is 5.78. The van der Waals surface area contributed by atoms with Crippen molar-refractivity contribution in [2.45, 2.75) is 182 Å². The first-order chi connectivity index (χ1) is 30.3. The molecule has 63 heavy (non-hydrogen) atoms. The Bertz CT molecular complexity index is 1290. The number of ketones is 1. The average Bonchev–Trinajstić information content (AvgIpc) is 3.27. The van der Waals surface area contributed by atoms with E-state index in [2.05, 4.69) is 5.32 Å². The monoisotopic (exact) mass is 914 g/mol. The van der Waals surface area contributed by atoms with Crippen molar-refractivity contribution < 1.29 is 97.9 Å². The minimum absolute atomic E-state index is 0.00927. The zero-order valence-electron chi connectivity index (χ0n) is 36.6. The van der Waals surface area contributed by atoms with Crippen LogP contribution in [0.15, 0.2) is 0 Å². The fraction of sp³-hybridized carbons (Fsp3) is 0.927. The number of carboxylic acid groups (broad SMARTS) is 1. The zero-order valence-corrected chi connectivity index (χ0v) is 36.6. The molecule has 0 aromatic carbocycles. The summed E-state index contributed by atoms with van der Waals surface area (Å²) < 4.78 is 52.5. The van der Waals surface area contributed by atoms with Gasteiger partial charge in [-0.25, -0.2) is 0 Å². The Morgan fingerprint density at radius 3 is 1.40 bits per heavy atom. The predicted molar refractivity (Wildman–Crippen MR) is 218 cm³/mol. The molecule has 3 rings (SSSR count). The molecule has 22 nitrogen and oxygen atoms in total. The number of methoxy groups -OCH3 is 1. The molecule has 15 atom stereocenters. The van der Waals surface area contributed by atoms with Gasteiger partial charge in [-0.1, -0.05) is 19.3 Å². The van der Waals surface area contributed by atoms with Gasteiger partial charge in [0.25, 0.3) is 0 Å². The van der Waals surface area contributed by atoms with Crippen LogP contribution in [-0.4, -0.2) is 211 Å². The Hall–Kier alpha value is -2.07. The molecule has 0 spiro atoms. The number of aliphatic carboxylic acids is 1. The van der Waals surface area contributed by atoms with Crippen LogP contribution in [0.4, 0.5) is 0 Å². The Balaban J connectivity index is 1.66. The first-order valence-electron chi connectivity index (χ1n) is 22.2. The number of nitrogens with two attached hydrogens (primary N) is 1. The highest BCUT2D eigenvalue weighted by Crippen LogP contribution is 2.31. The van der Waals surface area contributed by atoms with E-state index >= 15 is 0 Å². The maximum absolute atomic E-state index is 11.9. The van der Waals surface area contributed by atoms with Crippen LogP contribution >= 0.6 is 0 Å². The minimum atomic E-state index is -1.70. The lowest BCUT2D eigenvalue weighted by molar-refractivity contribution is -0.346. The van der Waals surface area contributed by atoms with Crippen LogP contribution in [0.2, 0.25) is 0 Å². The number of nitrogens with one attached hydrogen (secondary N) is 1. The van der Waals surface area contributed by atoms with Crippen LogP contribution in [0.25, 0.3) is 0 Å². The predicted octanol–water partition coefficient (Wildman–Crippen LogP) is -2.03. The van der Waals surface area contributed by atoms with Gasteiger partial charge in [-0.2, -0.15) is 0 Å². The van der Waals surface area contributed by atoms with Gasteiger partial charge in [-0.15, -0.1) is 0 Å². The van der Waals surface area contributed by atoms with E-state index in [9.17, 15) is 50.1 Å². The third-order valence-electron chi connectivity index (χ3n) is 11.2. The number of aliphatic hydroxyl groups is 7. The maximum Gasteiger partial charge on any atom is 0.303 e. The fourth-order valence-corrected chi connectivity index (χ4v) is 7.53. The molecule has 1 amide bonds. The largest absolute Gasteiger partial charge is 0.481 e. The second-order valence-electron chi connectivity index (χ2n) is 16.1. The van der Waals surface area contributed by atoms with E-state index in [1.807, 2.05) is 0 Å². The van der Waals surface area contributed by atoms with E-state index in [0.717, 1.165) is 0 Å². The Morgan fingerprint density at radius 1 is 0.540 bits per heavy atom. The van der Waals surface area contributed by atoms with Gasteiger partial charge in [0.2, 0.25) is 5.91 Å². The Morgan fingerprint density at radius 2 is 0.952 bits per heavy atom. The lowest BCUT2D eigenvalue weighted by atomic mass is 9.97. The van der Waals surface area contributed by atoms with E-state index in [-0.39, 0.29) is 37.9 Å². The number of unbranched alkanes of at least 4 members (excludes halogenated alkanes) is 6. The molecular weight excluding hydrogens is 840 g/mol. The summed E-state index contributed by atoms with van der Waals surface area (Å²) in [5, 5.41) is 87.8. The van der Waals surface area contributed by atoms with Crippen molar-refractivity contribution in [1.82, 2.24) is 5.32 Å². The molecule has 4 unspecified atom stereocenters. The van der Waals surface area contributed by atoms with Crippen molar-refractivity contribution >= 4 is 17.7 Å². The summed E-state index contributed by atoms with van der Waals surface area (Å²) in [6, 6.07) is 0. The number of amides is 1. The van der Waals surface area contributed by atoms with Gasteiger partial charge in [0.15, 0.2) is 18.9 Å². The highest BCUT2D eigenvalue weighted by Gasteiger charge is 2.50. The van der Waals surface area contributed by atoms with Crippen LogP contribution in [0.5, 0.6) is 0 Å². The van der Waals surface area contributed by atoms with Crippen molar-refractivity contribution in [3.63, 3.8) is 0 Å². The number of aliphatic hydroxyl groups excluding tert-OH is 7. The van der Waals surface area contributed by atoms with Crippen molar-refractivity contribution in [3.05, 3.63) is 0 Å². The molecule has 0 aromatic heterocycles. The minimum Gasteiger partial charge on any atom is -0.481 e. The molecule has 22 heteroatoms. The van der Waals surface area contributed by atoms with Gasteiger partial charge < -0.3 is 94.5 Å². The molecular formula is C41H74N2O20. The van der Waals surface area contributed by atoms with Gasteiger partial charge in [0.05, 0.1) is 19.8 Å². The van der Waals surface area contributed by atoms with Crippen LogP contribution in [0, 0.1) is 0 Å². The van der Waals surface area contributed by atoms with Crippen molar-refractivity contribution in [2.75, 3.05) is 60.3 Å². The topological polar surface area (TPSA) is 334 Å². The second kappa shape index (κ2) is 30.3. The zero-order chi connectivity index (χ0) is 46.3. The lowest BCUT2D eigenvalue weighted by Gasteiger charge is -2.45. The number of Topliss-reactive ketones (excluding diaryl/α,β-unsaturated/α-hetero) is 1. The van der Waals surface area contributed by atoms with Gasteiger partial charge in [-0.05, 0) is 51.5 Å². The molecule has 0 aliphatic carbocycles. The molecule has 0 aromatic rings. The number of rotatable bonds is 32. The molecule has 0 saturated carbocycles. The summed E-state index contributed by atoms with van der Waals surface area (Å²) in [6.07, 6.45) is -13.9. The average molecular weight is 915 g/mol. The summed E-state index contributed by atoms with van der Waals surface area (Å²) in [7, 11) is 2.81. The standard InChI is InChI=1S/C41H74N2O20/c1-43-28(46)15-7-4-10-19-58-38-27(23-59-40-34(53)31(50)36(25(21-44)61-40)56-18-9-3-6-13-24(45)14-12-17-42)63-41(35(54)32(38)51)60-22-26-37(30(49)33(52)39(55-2)62-26)57-20-11-5-8-16-29(47)48/h25-27,30-41,44,49-54H,3-23,42H2,1-2H3,(H,43,46)(H,47,48)/t25-,26-,27-,30+,31+,32+,33-,34-,35-,36?,37?,38?,39?,40+,41-/m0/s1. The molecule has 368 valence electrons. The molecule has 3 saturated heterocycles. The lowest BCUT2D eigenvalue weighted by Crippen LogP contribution is -2.63. The van der Waals surface area contributed by atoms with Gasteiger partial charge in [0.1, 0.15) is 79.0 Å². The van der Waals surface area contributed by atoms with Crippen molar-refractivity contribution in [2.24, 2.45) is 5.73 Å². The SMILES string of the molecule is CNC(=O)CCCCCOC1[C@H](CO[C@@H]2O[C@@H](CO)C(OCCCCCC(=O)CCCN)[C@H](O)[C@@H]2O)O[C@H](OC[C@@H]2OC(OC)[C@@H](O)[C@@H](O)C2OCCCCCC(=O)O)[C@@H](O)[C@H]1O. The third kappa shape index (κ3) is 18.3. The summed E-state index contributed by atoms with van der Waals surface area (Å²) in [6.45, 7) is -0.646. The quantitative estimate of drug-likeness (QED) is 0.0326. The fourth-order valence-electron chi connectivity index (χ4n) is 7.53. The number of carboxylic acids is 1. The molecule has 3 heterocycles. The molecule has 3 aliphatic heterocycles. The van der Waals surface area contributed by atoms with E-state index in [1.165, 1.54) is 7.11 Å². The number of hydrogen-bond acceptors (Lipinski definition) is 20. The Kier molecular flexibility index (Phi) is 26.5. The number of hydrogen-bond donors (Lipinski definition) is 10. The summed E-state index contributed by atoms with van der Waals surface area (Å²) in [5.74, 6) is -0.888. The van der Waals surface area contributed by atoms with E-state index in [1.54, 1.807) is 7.05 Å². The van der Waals surface area contributed by atoms with Gasteiger partial charge in [0, 0.05) is 59.7 Å². The molecule has 3 aliphatic rings. The van der Waals surface area contributed by atoms with Crippen molar-refractivity contribution in [3.8, 4) is 0 Å². The van der Waals surface area contributed by atoms with E-state index in [4.69, 9.17) is 53.5 Å². The Labute approximate surface area is 368 Å². The molecule has 3 fully saturated rings. The summed E-state index contributed by atoms with van der Waals surface area (Å²) in [5.41, 5.74) is 5.46. The number of carbonyl (C=O) groups is 3. The highest BCUT2D eigenvalue weighted by atomic mass is 16.7. The maximum atomic E-state index is 11.9. The van der Waals surface area contributed by atoms with Crippen LogP contribution in [0.1, 0.15) is 89.9 Å². The smallest absolute Gasteiger partial charge is 0.303 e. The second-order valence-corrected chi connectivity index (χ2v) is 16.1. The van der Waals surface area contributed by atoms with E-state index < -0.39 is 118 Å². The first kappa shape index (κ1) is 55.3. The van der Waals surface area contributed by atoms with Crippen LogP contribution < -0.4 is 11.1 Å². The van der Waals surface area contributed by atoms with Crippen LogP contribution in [-0.2, 0) is 57.0 Å². The summed E-state index contributed by atoms with van der Waals surface area (Å²) in [4.78, 5) is 34.4. The first-order valence-corrected chi connectivity index (χ1v) is 22.2. The van der Waals surface area contributed by atoms with Crippen molar-refractivity contribution in [1.29, 1.82) is 0 Å². The normalized spacial score (nSPS) is 33.6. The molecule has 0 bridgehead atoms. The van der Waals surface area contributed by atoms with Crippen LogP contribution in [0.3, 0.4) is 0 Å². The van der Waals surface area contributed by atoms with Gasteiger partial charge in [-0.3, -0.25) is 14.4 Å². The molecule has 0 radical (unpaired) electrons. The third-order valence-corrected chi connectivity index (χ3v) is 11.2. The number of carbonyl (C=O) groups excluding carboxylic acids is 2. The molecule has 11 N–H and O–H groups in total. The number of ether oxygens (including phenoxy) is 9. The van der Waals surface area contributed by atoms with Gasteiger partial charge >= 0.3 is 5.97 Å².